The minimum absolute atomic E-state index is 0.104. The summed E-state index contributed by atoms with van der Waals surface area (Å²) in [7, 11) is 0. The number of allylic oxidation sites excluding steroid dienone is 1. The number of urea groups is 1. The number of carbonyl (C=O) groups excluding carboxylic acids is 3. The zero-order valence-corrected chi connectivity index (χ0v) is 10.7. The van der Waals surface area contributed by atoms with Crippen molar-refractivity contribution in [3.05, 3.63) is 12.2 Å². The molecule has 1 fully saturated rings. The van der Waals surface area contributed by atoms with Gasteiger partial charge >= 0.3 is 6.03 Å². The largest absolute Gasteiger partial charge is 0.331 e. The minimum atomic E-state index is -0.742. The molecule has 0 saturated carbocycles. The number of nitrogens with zero attached hydrogens (tertiary/aromatic N) is 1. The fourth-order valence-corrected chi connectivity index (χ4v) is 2.55. The van der Waals surface area contributed by atoms with Gasteiger partial charge in [-0.1, -0.05) is 26.0 Å². The van der Waals surface area contributed by atoms with Crippen LogP contribution in [0.5, 0.6) is 0 Å². The van der Waals surface area contributed by atoms with Crippen LogP contribution in [0.15, 0.2) is 12.2 Å². The Morgan fingerprint density at radius 2 is 2.00 bits per heavy atom. The third kappa shape index (κ3) is 2.17. The van der Waals surface area contributed by atoms with E-state index in [9.17, 15) is 14.4 Å². The van der Waals surface area contributed by atoms with Crippen LogP contribution in [-0.2, 0) is 9.59 Å². The third-order valence-electron chi connectivity index (χ3n) is 3.51. The maximum absolute atomic E-state index is 12.3. The molecule has 1 N–H and O–H groups in total. The number of nitrogens with one attached hydrogen (secondary N) is 1. The highest BCUT2D eigenvalue weighted by molar-refractivity contribution is 6.16. The second-order valence-electron chi connectivity index (χ2n) is 5.16. The summed E-state index contributed by atoms with van der Waals surface area (Å²) in [5, 5.41) is 2.29. The fraction of sp³-hybridized carbons (Fsp3) is 0.615. The van der Waals surface area contributed by atoms with Crippen LogP contribution in [0.3, 0.4) is 0 Å². The SMILES string of the molecule is CC(C)C1C(=O)NC(=O)N(C2CC=CCC2)C1=O. The highest BCUT2D eigenvalue weighted by Crippen LogP contribution is 2.25. The summed E-state index contributed by atoms with van der Waals surface area (Å²) in [6.45, 7) is 3.63. The molecule has 0 bridgehead atoms. The zero-order valence-electron chi connectivity index (χ0n) is 10.7. The van der Waals surface area contributed by atoms with Crippen LogP contribution in [0.2, 0.25) is 0 Å². The lowest BCUT2D eigenvalue weighted by molar-refractivity contribution is -0.146. The Balaban J connectivity index is 2.23. The van der Waals surface area contributed by atoms with Crippen molar-refractivity contribution in [2.75, 3.05) is 0 Å². The van der Waals surface area contributed by atoms with Gasteiger partial charge in [0.15, 0.2) is 0 Å². The van der Waals surface area contributed by atoms with Gasteiger partial charge in [-0.05, 0) is 25.2 Å². The molecule has 2 rings (SSSR count). The first-order valence-corrected chi connectivity index (χ1v) is 6.35. The lowest BCUT2D eigenvalue weighted by Gasteiger charge is -2.37. The second kappa shape index (κ2) is 4.92. The van der Waals surface area contributed by atoms with Gasteiger partial charge in [-0.2, -0.15) is 0 Å². The summed E-state index contributed by atoms with van der Waals surface area (Å²) in [5.41, 5.74) is 0. The Hall–Kier alpha value is -1.65. The molecular weight excluding hydrogens is 232 g/mol. The van der Waals surface area contributed by atoms with E-state index in [2.05, 4.69) is 5.32 Å². The molecule has 0 radical (unpaired) electrons. The summed E-state index contributed by atoms with van der Waals surface area (Å²) in [6, 6.07) is -0.681. The van der Waals surface area contributed by atoms with Gasteiger partial charge in [0, 0.05) is 6.04 Å². The van der Waals surface area contributed by atoms with Crippen LogP contribution in [-0.4, -0.2) is 28.8 Å². The van der Waals surface area contributed by atoms with E-state index in [0.717, 1.165) is 12.8 Å². The molecule has 98 valence electrons. The third-order valence-corrected chi connectivity index (χ3v) is 3.51. The fourth-order valence-electron chi connectivity index (χ4n) is 2.55. The van der Waals surface area contributed by atoms with Crippen molar-refractivity contribution < 1.29 is 14.4 Å². The van der Waals surface area contributed by atoms with Crippen LogP contribution in [0.1, 0.15) is 33.1 Å². The van der Waals surface area contributed by atoms with Gasteiger partial charge < -0.3 is 0 Å². The molecule has 4 amide bonds. The average molecular weight is 250 g/mol. The van der Waals surface area contributed by atoms with Gasteiger partial charge in [0.05, 0.1) is 0 Å². The van der Waals surface area contributed by atoms with E-state index in [-0.39, 0.29) is 17.9 Å². The van der Waals surface area contributed by atoms with Crippen molar-refractivity contribution in [1.82, 2.24) is 10.2 Å². The van der Waals surface area contributed by atoms with Gasteiger partial charge in [0.1, 0.15) is 5.92 Å². The normalized spacial score (nSPS) is 28.8. The summed E-state index contributed by atoms with van der Waals surface area (Å²) in [6.07, 6.45) is 6.35. The van der Waals surface area contributed by atoms with Crippen LogP contribution < -0.4 is 5.32 Å². The summed E-state index contributed by atoms with van der Waals surface area (Å²) < 4.78 is 0. The Morgan fingerprint density at radius 1 is 1.28 bits per heavy atom. The smallest absolute Gasteiger partial charge is 0.277 e. The molecule has 1 aliphatic carbocycles. The van der Waals surface area contributed by atoms with Crippen molar-refractivity contribution in [2.45, 2.75) is 39.2 Å². The van der Waals surface area contributed by atoms with Crippen molar-refractivity contribution in [2.24, 2.45) is 11.8 Å². The highest BCUT2D eigenvalue weighted by atomic mass is 16.2. The van der Waals surface area contributed by atoms with Crippen molar-refractivity contribution in [3.8, 4) is 0 Å². The zero-order chi connectivity index (χ0) is 13.3. The summed E-state index contributed by atoms with van der Waals surface area (Å²) in [4.78, 5) is 37.1. The number of barbiturate groups is 1. The molecule has 2 aliphatic rings. The number of imide groups is 2. The summed E-state index contributed by atoms with van der Waals surface area (Å²) >= 11 is 0. The van der Waals surface area contributed by atoms with Gasteiger partial charge in [0.25, 0.3) is 0 Å². The van der Waals surface area contributed by atoms with Gasteiger partial charge in [-0.25, -0.2) is 4.79 Å². The van der Waals surface area contributed by atoms with E-state index in [1.807, 2.05) is 26.0 Å². The Kier molecular flexibility index (Phi) is 3.50. The number of amides is 4. The molecular formula is C13H18N2O3. The predicted molar refractivity (Wildman–Crippen MR) is 65.5 cm³/mol. The number of carbonyl (C=O) groups is 3. The Morgan fingerprint density at radius 3 is 2.56 bits per heavy atom. The van der Waals surface area contributed by atoms with E-state index in [1.54, 1.807) is 0 Å². The quantitative estimate of drug-likeness (QED) is 0.595. The van der Waals surface area contributed by atoms with Crippen molar-refractivity contribution >= 4 is 17.8 Å². The Labute approximate surface area is 106 Å². The predicted octanol–water partition coefficient (Wildman–Crippen LogP) is 1.45. The molecule has 1 heterocycles. The molecule has 0 spiro atoms. The van der Waals surface area contributed by atoms with E-state index < -0.39 is 17.9 Å². The average Bonchev–Trinajstić information content (AvgIpc) is 2.28. The number of hydrogen-bond acceptors (Lipinski definition) is 3. The standard InChI is InChI=1S/C13H18N2O3/c1-8(2)10-11(16)14-13(18)15(12(10)17)9-6-4-3-5-7-9/h3-4,8-10H,5-7H2,1-2H3,(H,14,16,18). The van der Waals surface area contributed by atoms with Crippen molar-refractivity contribution in [1.29, 1.82) is 0 Å². The first-order chi connectivity index (χ1) is 8.52. The molecule has 5 nitrogen and oxygen atoms in total. The van der Waals surface area contributed by atoms with Crippen LogP contribution in [0.4, 0.5) is 4.79 Å². The second-order valence-corrected chi connectivity index (χ2v) is 5.16. The lowest BCUT2D eigenvalue weighted by Crippen LogP contribution is -2.62. The molecule has 1 aliphatic heterocycles. The van der Waals surface area contributed by atoms with Gasteiger partial charge in [-0.15, -0.1) is 0 Å². The minimum Gasteiger partial charge on any atom is -0.277 e. The number of rotatable bonds is 2. The molecule has 2 unspecified atom stereocenters. The lowest BCUT2D eigenvalue weighted by atomic mass is 9.90. The van der Waals surface area contributed by atoms with Gasteiger partial charge in [-0.3, -0.25) is 19.8 Å². The maximum atomic E-state index is 12.3. The molecule has 0 aromatic heterocycles. The van der Waals surface area contributed by atoms with Gasteiger partial charge in [0.2, 0.25) is 11.8 Å². The van der Waals surface area contributed by atoms with Crippen LogP contribution in [0, 0.1) is 11.8 Å². The molecule has 1 saturated heterocycles. The van der Waals surface area contributed by atoms with Crippen LogP contribution >= 0.6 is 0 Å². The molecule has 18 heavy (non-hydrogen) atoms. The number of hydrogen-bond donors (Lipinski definition) is 1. The van der Waals surface area contributed by atoms with E-state index >= 15 is 0 Å². The molecule has 2 atom stereocenters. The first kappa shape index (κ1) is 12.8. The monoisotopic (exact) mass is 250 g/mol. The summed E-state index contributed by atoms with van der Waals surface area (Å²) in [5.74, 6) is -1.66. The van der Waals surface area contributed by atoms with E-state index in [1.165, 1.54) is 4.90 Å². The van der Waals surface area contributed by atoms with Crippen LogP contribution in [0.25, 0.3) is 0 Å². The maximum Gasteiger partial charge on any atom is 0.331 e. The molecule has 5 heteroatoms. The topological polar surface area (TPSA) is 66.5 Å². The molecule has 0 aromatic carbocycles. The Bertz CT molecular complexity index is 414. The van der Waals surface area contributed by atoms with Crippen molar-refractivity contribution in [3.63, 3.8) is 0 Å². The van der Waals surface area contributed by atoms with E-state index in [4.69, 9.17) is 0 Å². The highest BCUT2D eigenvalue weighted by Gasteiger charge is 2.44. The van der Waals surface area contributed by atoms with E-state index in [0.29, 0.717) is 6.42 Å². The molecule has 0 aromatic rings. The first-order valence-electron chi connectivity index (χ1n) is 6.35.